The molecular weight excluding hydrogens is 250 g/mol. The highest BCUT2D eigenvalue weighted by Gasteiger charge is 2.25. The van der Waals surface area contributed by atoms with Gasteiger partial charge in [-0.1, -0.05) is 36.7 Å². The maximum atomic E-state index is 11.9. The molecule has 4 heteroatoms. The molecule has 1 aliphatic rings. The number of nitrogens with one attached hydrogen (secondary N) is 1. The van der Waals surface area contributed by atoms with Crippen LogP contribution in [0.25, 0.3) is 0 Å². The van der Waals surface area contributed by atoms with Gasteiger partial charge >= 0.3 is 5.97 Å². The molecule has 1 heterocycles. The Morgan fingerprint density at radius 3 is 3.00 bits per heavy atom. The first-order valence-electron chi connectivity index (χ1n) is 6.30. The van der Waals surface area contributed by atoms with E-state index < -0.39 is 0 Å². The van der Waals surface area contributed by atoms with Gasteiger partial charge in [0.05, 0.1) is 0 Å². The Morgan fingerprint density at radius 1 is 1.50 bits per heavy atom. The highest BCUT2D eigenvalue weighted by molar-refractivity contribution is 6.31. The van der Waals surface area contributed by atoms with Crippen molar-refractivity contribution in [1.82, 2.24) is 5.32 Å². The number of rotatable bonds is 3. The van der Waals surface area contributed by atoms with Crippen molar-refractivity contribution in [3.05, 3.63) is 34.9 Å². The molecule has 0 aliphatic carbocycles. The SMILES string of the molecule is CC1CCNC(C(=O)OCc2ccccc2Cl)C1. The van der Waals surface area contributed by atoms with Crippen LogP contribution in [0.4, 0.5) is 0 Å². The Bertz CT molecular complexity index is 422. The van der Waals surface area contributed by atoms with Gasteiger partial charge in [-0.05, 0) is 31.4 Å². The Hall–Kier alpha value is -1.06. The van der Waals surface area contributed by atoms with E-state index in [-0.39, 0.29) is 18.6 Å². The van der Waals surface area contributed by atoms with Crippen molar-refractivity contribution in [1.29, 1.82) is 0 Å². The molecule has 0 spiro atoms. The van der Waals surface area contributed by atoms with Crippen molar-refractivity contribution >= 4 is 17.6 Å². The number of hydrogen-bond donors (Lipinski definition) is 1. The molecule has 18 heavy (non-hydrogen) atoms. The van der Waals surface area contributed by atoms with Crippen molar-refractivity contribution in [2.75, 3.05) is 6.54 Å². The van der Waals surface area contributed by atoms with Crippen LogP contribution in [-0.4, -0.2) is 18.6 Å². The van der Waals surface area contributed by atoms with Gasteiger partial charge in [0.2, 0.25) is 0 Å². The fourth-order valence-corrected chi connectivity index (χ4v) is 2.34. The normalized spacial score (nSPS) is 23.7. The summed E-state index contributed by atoms with van der Waals surface area (Å²) in [5.41, 5.74) is 0.844. The van der Waals surface area contributed by atoms with Crippen LogP contribution in [0.3, 0.4) is 0 Å². The van der Waals surface area contributed by atoms with E-state index in [0.717, 1.165) is 24.9 Å². The first-order valence-corrected chi connectivity index (χ1v) is 6.68. The monoisotopic (exact) mass is 267 g/mol. The lowest BCUT2D eigenvalue weighted by molar-refractivity contribution is -0.148. The Morgan fingerprint density at radius 2 is 2.28 bits per heavy atom. The van der Waals surface area contributed by atoms with E-state index in [0.29, 0.717) is 10.9 Å². The summed E-state index contributed by atoms with van der Waals surface area (Å²) in [6.45, 7) is 3.28. The van der Waals surface area contributed by atoms with Crippen molar-refractivity contribution in [3.63, 3.8) is 0 Å². The van der Waals surface area contributed by atoms with Crippen molar-refractivity contribution in [3.8, 4) is 0 Å². The van der Waals surface area contributed by atoms with Crippen LogP contribution in [0.15, 0.2) is 24.3 Å². The quantitative estimate of drug-likeness (QED) is 0.856. The molecule has 3 nitrogen and oxygen atoms in total. The molecule has 1 fully saturated rings. The standard InChI is InChI=1S/C14H18ClNO2/c1-10-6-7-16-13(8-10)14(17)18-9-11-4-2-3-5-12(11)15/h2-5,10,13,16H,6-9H2,1H3. The zero-order chi connectivity index (χ0) is 13.0. The molecule has 0 aromatic heterocycles. The molecule has 0 radical (unpaired) electrons. The van der Waals surface area contributed by atoms with E-state index in [1.165, 1.54) is 0 Å². The Kier molecular flexibility index (Phi) is 4.61. The fraction of sp³-hybridized carbons (Fsp3) is 0.500. The van der Waals surface area contributed by atoms with Gasteiger partial charge in [-0.3, -0.25) is 4.79 Å². The second kappa shape index (κ2) is 6.21. The summed E-state index contributed by atoms with van der Waals surface area (Å²) in [5.74, 6) is 0.394. The van der Waals surface area contributed by atoms with Crippen LogP contribution >= 0.6 is 11.6 Å². The zero-order valence-electron chi connectivity index (χ0n) is 10.5. The summed E-state index contributed by atoms with van der Waals surface area (Å²) < 4.78 is 5.31. The minimum atomic E-state index is -0.179. The third-order valence-corrected chi connectivity index (χ3v) is 3.65. The van der Waals surface area contributed by atoms with Crippen LogP contribution in [0.2, 0.25) is 5.02 Å². The van der Waals surface area contributed by atoms with E-state index in [1.54, 1.807) is 6.07 Å². The topological polar surface area (TPSA) is 38.3 Å². The summed E-state index contributed by atoms with van der Waals surface area (Å²) in [5, 5.41) is 3.83. The second-order valence-corrected chi connectivity index (χ2v) is 5.24. The van der Waals surface area contributed by atoms with Gasteiger partial charge in [-0.2, -0.15) is 0 Å². The second-order valence-electron chi connectivity index (χ2n) is 4.84. The number of hydrogen-bond acceptors (Lipinski definition) is 3. The molecule has 1 saturated heterocycles. The number of carbonyl (C=O) groups is 1. The minimum Gasteiger partial charge on any atom is -0.460 e. The molecule has 1 aliphatic heterocycles. The van der Waals surface area contributed by atoms with Gasteiger partial charge in [0.15, 0.2) is 0 Å². The largest absolute Gasteiger partial charge is 0.460 e. The summed E-state index contributed by atoms with van der Waals surface area (Å²) in [6, 6.07) is 7.24. The van der Waals surface area contributed by atoms with Gasteiger partial charge in [0.1, 0.15) is 12.6 Å². The van der Waals surface area contributed by atoms with Crippen LogP contribution in [-0.2, 0) is 16.1 Å². The van der Waals surface area contributed by atoms with Gasteiger partial charge in [-0.15, -0.1) is 0 Å². The molecule has 0 saturated carbocycles. The molecule has 2 unspecified atom stereocenters. The molecule has 1 aromatic rings. The number of ether oxygens (including phenoxy) is 1. The molecule has 1 aromatic carbocycles. The lowest BCUT2D eigenvalue weighted by Gasteiger charge is -2.26. The predicted octanol–water partition coefficient (Wildman–Crippen LogP) is 2.77. The van der Waals surface area contributed by atoms with Gasteiger partial charge < -0.3 is 10.1 Å². The van der Waals surface area contributed by atoms with Crippen molar-refractivity contribution < 1.29 is 9.53 Å². The molecule has 0 amide bonds. The maximum absolute atomic E-state index is 11.9. The number of piperidine rings is 1. The number of benzene rings is 1. The molecule has 0 bridgehead atoms. The Labute approximate surface area is 112 Å². The Balaban J connectivity index is 1.86. The average Bonchev–Trinajstić information content (AvgIpc) is 2.37. The molecule has 2 atom stereocenters. The predicted molar refractivity (Wildman–Crippen MR) is 71.4 cm³/mol. The lowest BCUT2D eigenvalue weighted by atomic mass is 9.94. The average molecular weight is 268 g/mol. The first kappa shape index (κ1) is 13.4. The summed E-state index contributed by atoms with van der Waals surface area (Å²) in [6.07, 6.45) is 1.97. The van der Waals surface area contributed by atoms with Gasteiger partial charge in [-0.25, -0.2) is 0 Å². The van der Waals surface area contributed by atoms with E-state index in [4.69, 9.17) is 16.3 Å². The maximum Gasteiger partial charge on any atom is 0.323 e. The highest BCUT2D eigenvalue weighted by atomic mass is 35.5. The zero-order valence-corrected chi connectivity index (χ0v) is 11.2. The minimum absolute atomic E-state index is 0.170. The molecular formula is C14H18ClNO2. The van der Waals surface area contributed by atoms with Crippen molar-refractivity contribution in [2.45, 2.75) is 32.4 Å². The van der Waals surface area contributed by atoms with Crippen LogP contribution < -0.4 is 5.32 Å². The van der Waals surface area contributed by atoms with E-state index in [2.05, 4.69) is 12.2 Å². The smallest absolute Gasteiger partial charge is 0.323 e. The molecule has 98 valence electrons. The molecule has 2 rings (SSSR count). The van der Waals surface area contributed by atoms with Crippen LogP contribution in [0.1, 0.15) is 25.3 Å². The number of halogens is 1. The fourth-order valence-electron chi connectivity index (χ4n) is 2.15. The summed E-state index contributed by atoms with van der Waals surface area (Å²) >= 11 is 6.01. The van der Waals surface area contributed by atoms with E-state index >= 15 is 0 Å². The number of esters is 1. The van der Waals surface area contributed by atoms with Gasteiger partial charge in [0, 0.05) is 10.6 Å². The first-order chi connectivity index (χ1) is 8.66. The van der Waals surface area contributed by atoms with E-state index in [9.17, 15) is 4.79 Å². The van der Waals surface area contributed by atoms with E-state index in [1.807, 2.05) is 18.2 Å². The highest BCUT2D eigenvalue weighted by Crippen LogP contribution is 2.18. The third-order valence-electron chi connectivity index (χ3n) is 3.28. The third kappa shape index (κ3) is 3.47. The van der Waals surface area contributed by atoms with Gasteiger partial charge in [0.25, 0.3) is 0 Å². The molecule has 1 N–H and O–H groups in total. The van der Waals surface area contributed by atoms with Crippen LogP contribution in [0.5, 0.6) is 0 Å². The lowest BCUT2D eigenvalue weighted by Crippen LogP contribution is -2.43. The summed E-state index contributed by atoms with van der Waals surface area (Å²) in [7, 11) is 0. The van der Waals surface area contributed by atoms with Crippen LogP contribution in [0, 0.1) is 5.92 Å². The van der Waals surface area contributed by atoms with Crippen molar-refractivity contribution in [2.24, 2.45) is 5.92 Å². The summed E-state index contributed by atoms with van der Waals surface area (Å²) in [4.78, 5) is 11.9. The number of carbonyl (C=O) groups excluding carboxylic acids is 1.